The number of fused-ring (bicyclic) bond motifs is 1. The number of Topliss-reactive ketones (excluding diaryl/α,β-unsaturated/α-hetero) is 1. The summed E-state index contributed by atoms with van der Waals surface area (Å²) in [4.78, 5) is 28.9. The average molecular weight is 424 g/mol. The van der Waals surface area contributed by atoms with Crippen LogP contribution in [0.4, 0.5) is 8.78 Å². The summed E-state index contributed by atoms with van der Waals surface area (Å²) in [7, 11) is 0. The molecule has 0 N–H and O–H groups in total. The highest BCUT2D eigenvalue weighted by Crippen LogP contribution is 2.38. The fourth-order valence-electron chi connectivity index (χ4n) is 3.95. The molecular weight excluding hydrogens is 396 g/mol. The Morgan fingerprint density at radius 3 is 2.66 bits per heavy atom. The van der Waals surface area contributed by atoms with Crippen LogP contribution in [0, 0.1) is 5.92 Å². The van der Waals surface area contributed by atoms with Crippen molar-refractivity contribution in [1.29, 1.82) is 0 Å². The van der Waals surface area contributed by atoms with Crippen molar-refractivity contribution in [3.05, 3.63) is 29.3 Å². The zero-order valence-corrected chi connectivity index (χ0v) is 17.5. The van der Waals surface area contributed by atoms with Gasteiger partial charge in [-0.2, -0.15) is 8.78 Å². The van der Waals surface area contributed by atoms with E-state index >= 15 is 0 Å². The van der Waals surface area contributed by atoms with Gasteiger partial charge in [-0.1, -0.05) is 31.4 Å². The summed E-state index contributed by atoms with van der Waals surface area (Å²) in [5.41, 5.74) is 0.746. The van der Waals surface area contributed by atoms with Gasteiger partial charge in [-0.3, -0.25) is 4.79 Å². The van der Waals surface area contributed by atoms with Crippen LogP contribution in [-0.2, 0) is 14.3 Å². The lowest BCUT2D eigenvalue weighted by molar-refractivity contribution is -0.173. The molecule has 4 nitrogen and oxygen atoms in total. The average Bonchev–Trinajstić information content (AvgIpc) is 3.16. The van der Waals surface area contributed by atoms with Crippen LogP contribution in [0.25, 0.3) is 10.2 Å². The van der Waals surface area contributed by atoms with Crippen LogP contribution in [0.5, 0.6) is 0 Å². The Morgan fingerprint density at radius 1 is 1.24 bits per heavy atom. The van der Waals surface area contributed by atoms with E-state index in [2.05, 4.69) is 9.72 Å². The number of halogens is 2. The first-order valence-corrected chi connectivity index (χ1v) is 11.2. The third-order valence-electron chi connectivity index (χ3n) is 5.54. The molecule has 1 unspecified atom stereocenters. The summed E-state index contributed by atoms with van der Waals surface area (Å²) in [6.07, 6.45) is 4.87. The Labute approximate surface area is 173 Å². The Kier molecular flexibility index (Phi) is 7.33. The Morgan fingerprint density at radius 2 is 1.97 bits per heavy atom. The minimum Gasteiger partial charge on any atom is -0.462 e. The van der Waals surface area contributed by atoms with Gasteiger partial charge in [0.1, 0.15) is 5.78 Å². The SMILES string of the molecule is CCOC(=O)C(F)(F)CC(CCC(=O)C1CCCCC1)c1nc2ccccc2s1. The smallest absolute Gasteiger partial charge is 0.376 e. The van der Waals surface area contributed by atoms with E-state index in [1.54, 1.807) is 0 Å². The first-order chi connectivity index (χ1) is 13.9. The van der Waals surface area contributed by atoms with E-state index in [0.717, 1.165) is 42.3 Å². The van der Waals surface area contributed by atoms with E-state index in [-0.39, 0.29) is 31.1 Å². The lowest BCUT2D eigenvalue weighted by Crippen LogP contribution is -2.33. The predicted molar refractivity (Wildman–Crippen MR) is 109 cm³/mol. The van der Waals surface area contributed by atoms with Crippen LogP contribution in [-0.4, -0.2) is 29.3 Å². The molecule has 0 aliphatic heterocycles. The number of ether oxygens (including phenoxy) is 1. The summed E-state index contributed by atoms with van der Waals surface area (Å²) in [5.74, 6) is -5.59. The second kappa shape index (κ2) is 9.74. The number of nitrogens with zero attached hydrogens (tertiary/aromatic N) is 1. The molecule has 3 rings (SSSR count). The number of hydrogen-bond acceptors (Lipinski definition) is 5. The highest BCUT2D eigenvalue weighted by molar-refractivity contribution is 7.18. The van der Waals surface area contributed by atoms with Crippen molar-refractivity contribution in [3.8, 4) is 0 Å². The number of benzene rings is 1. The molecule has 0 amide bonds. The van der Waals surface area contributed by atoms with E-state index < -0.39 is 24.2 Å². The molecule has 7 heteroatoms. The minimum absolute atomic E-state index is 0.0466. The predicted octanol–water partition coefficient (Wildman–Crippen LogP) is 5.90. The number of carbonyl (C=O) groups excluding carboxylic acids is 2. The molecule has 1 aromatic heterocycles. The number of alkyl halides is 2. The summed E-state index contributed by atoms with van der Waals surface area (Å²) in [5, 5.41) is 0.548. The van der Waals surface area contributed by atoms with E-state index in [1.807, 2.05) is 24.3 Å². The number of carbonyl (C=O) groups is 2. The summed E-state index contributed by atoms with van der Waals surface area (Å²) in [6, 6.07) is 7.45. The third kappa shape index (κ3) is 5.59. The van der Waals surface area contributed by atoms with Crippen LogP contribution < -0.4 is 0 Å². The Balaban J connectivity index is 1.77. The van der Waals surface area contributed by atoms with Gasteiger partial charge in [0.25, 0.3) is 0 Å². The molecule has 29 heavy (non-hydrogen) atoms. The molecular formula is C22H27F2NO3S. The Bertz CT molecular complexity index is 812. The minimum atomic E-state index is -3.60. The first kappa shape index (κ1) is 21.8. The van der Waals surface area contributed by atoms with Gasteiger partial charge in [0.05, 0.1) is 21.8 Å². The molecule has 158 valence electrons. The third-order valence-corrected chi connectivity index (χ3v) is 6.74. The number of esters is 1. The summed E-state index contributed by atoms with van der Waals surface area (Å²) >= 11 is 1.35. The van der Waals surface area contributed by atoms with Crippen molar-refractivity contribution in [3.63, 3.8) is 0 Å². The molecule has 0 saturated heterocycles. The van der Waals surface area contributed by atoms with Gasteiger partial charge in [-0.25, -0.2) is 9.78 Å². The van der Waals surface area contributed by atoms with E-state index in [9.17, 15) is 18.4 Å². The molecule has 1 aromatic carbocycles. The number of rotatable bonds is 9. The maximum absolute atomic E-state index is 14.5. The van der Waals surface area contributed by atoms with Gasteiger partial charge < -0.3 is 4.74 Å². The maximum atomic E-state index is 14.5. The van der Waals surface area contributed by atoms with E-state index in [0.29, 0.717) is 5.01 Å². The fraction of sp³-hybridized carbons (Fsp3) is 0.591. The van der Waals surface area contributed by atoms with Crippen LogP contribution >= 0.6 is 11.3 Å². The van der Waals surface area contributed by atoms with Gasteiger partial charge in [-0.15, -0.1) is 11.3 Å². The Hall–Kier alpha value is -1.89. The van der Waals surface area contributed by atoms with Crippen LogP contribution in [0.15, 0.2) is 24.3 Å². The van der Waals surface area contributed by atoms with Crippen molar-refractivity contribution in [1.82, 2.24) is 4.98 Å². The highest BCUT2D eigenvalue weighted by Gasteiger charge is 2.43. The van der Waals surface area contributed by atoms with E-state index in [4.69, 9.17) is 0 Å². The molecule has 1 heterocycles. The molecule has 0 bridgehead atoms. The molecule has 0 spiro atoms. The summed E-state index contributed by atoms with van der Waals surface area (Å²) < 4.78 is 34.4. The van der Waals surface area contributed by atoms with Gasteiger partial charge in [0.2, 0.25) is 0 Å². The van der Waals surface area contributed by atoms with Gasteiger partial charge in [-0.05, 0) is 38.3 Å². The fourth-order valence-corrected chi connectivity index (χ4v) is 5.05. The molecule has 1 saturated carbocycles. The lowest BCUT2D eigenvalue weighted by atomic mass is 9.83. The second-order valence-electron chi connectivity index (χ2n) is 7.69. The first-order valence-electron chi connectivity index (χ1n) is 10.3. The van der Waals surface area contributed by atoms with Crippen LogP contribution in [0.1, 0.15) is 69.2 Å². The van der Waals surface area contributed by atoms with Gasteiger partial charge in [0, 0.05) is 24.7 Å². The number of aromatic nitrogens is 1. The molecule has 1 atom stereocenters. The standard InChI is InChI=1S/C22H27F2NO3S/c1-2-28-21(27)22(23,24)14-16(12-13-18(26)15-8-4-3-5-9-15)20-25-17-10-6-7-11-19(17)29-20/h6-7,10-11,15-16H,2-5,8-9,12-14H2,1H3. The monoisotopic (exact) mass is 423 g/mol. The zero-order chi connectivity index (χ0) is 20.9. The zero-order valence-electron chi connectivity index (χ0n) is 16.7. The number of ketones is 1. The number of para-hydroxylation sites is 1. The molecule has 1 aliphatic carbocycles. The van der Waals surface area contributed by atoms with Crippen molar-refractivity contribution >= 4 is 33.3 Å². The molecule has 0 radical (unpaired) electrons. The number of thiazole rings is 1. The maximum Gasteiger partial charge on any atom is 0.376 e. The van der Waals surface area contributed by atoms with E-state index in [1.165, 1.54) is 18.3 Å². The topological polar surface area (TPSA) is 56.3 Å². The van der Waals surface area contributed by atoms with Crippen LogP contribution in [0.2, 0.25) is 0 Å². The second-order valence-corrected chi connectivity index (χ2v) is 8.75. The lowest BCUT2D eigenvalue weighted by Gasteiger charge is -2.23. The normalized spacial score (nSPS) is 16.7. The van der Waals surface area contributed by atoms with Crippen molar-refractivity contribution < 1.29 is 23.1 Å². The largest absolute Gasteiger partial charge is 0.462 e. The van der Waals surface area contributed by atoms with Crippen molar-refractivity contribution in [2.45, 2.75) is 70.1 Å². The van der Waals surface area contributed by atoms with Crippen LogP contribution in [0.3, 0.4) is 0 Å². The summed E-state index contributed by atoms with van der Waals surface area (Å²) in [6.45, 7) is 1.41. The molecule has 1 aliphatic rings. The van der Waals surface area contributed by atoms with Crippen molar-refractivity contribution in [2.24, 2.45) is 5.92 Å². The highest BCUT2D eigenvalue weighted by atomic mass is 32.1. The van der Waals surface area contributed by atoms with Gasteiger partial charge >= 0.3 is 11.9 Å². The van der Waals surface area contributed by atoms with Crippen molar-refractivity contribution in [2.75, 3.05) is 6.61 Å². The molecule has 1 fully saturated rings. The van der Waals surface area contributed by atoms with Gasteiger partial charge in [0.15, 0.2) is 0 Å². The quantitative estimate of drug-likeness (QED) is 0.471. The molecule has 2 aromatic rings. The number of hydrogen-bond donors (Lipinski definition) is 0.